The van der Waals surface area contributed by atoms with Gasteiger partial charge in [-0.25, -0.2) is 8.78 Å². The molecule has 0 spiro atoms. The van der Waals surface area contributed by atoms with Gasteiger partial charge in [-0.1, -0.05) is 37.7 Å². The normalized spacial score (nSPS) is 21.2. The first-order valence-electron chi connectivity index (χ1n) is 8.55. The standard InChI is InChI=1S/C20H21F5/c1-2-5-14-8-10-15(11-9-14)6-3-4-7-16-12-17(21)19(18(22)13-16)20(23,24)25/h3,6,12-15H,2,5,8-11H2,1H3. The highest BCUT2D eigenvalue weighted by Crippen LogP contribution is 2.34. The number of rotatable bonds is 3. The molecule has 1 aromatic rings. The van der Waals surface area contributed by atoms with E-state index in [2.05, 4.69) is 18.8 Å². The van der Waals surface area contributed by atoms with Gasteiger partial charge >= 0.3 is 6.18 Å². The first-order valence-corrected chi connectivity index (χ1v) is 8.55. The van der Waals surface area contributed by atoms with Gasteiger partial charge in [0.05, 0.1) is 0 Å². The van der Waals surface area contributed by atoms with Crippen molar-refractivity contribution in [3.8, 4) is 11.8 Å². The van der Waals surface area contributed by atoms with E-state index >= 15 is 0 Å². The molecule has 0 unspecified atom stereocenters. The molecule has 0 aliphatic heterocycles. The number of allylic oxidation sites excluding steroid dienone is 2. The molecule has 1 aliphatic carbocycles. The molecule has 0 bridgehead atoms. The number of alkyl halides is 3. The summed E-state index contributed by atoms with van der Waals surface area (Å²) in [5.41, 5.74) is -1.99. The fourth-order valence-electron chi connectivity index (χ4n) is 3.30. The third kappa shape index (κ3) is 5.59. The Hall–Kier alpha value is -1.83. The Morgan fingerprint density at radius 3 is 2.20 bits per heavy atom. The molecule has 1 fully saturated rings. The van der Waals surface area contributed by atoms with Crippen LogP contribution in [0.5, 0.6) is 0 Å². The van der Waals surface area contributed by atoms with Crippen LogP contribution in [-0.4, -0.2) is 0 Å². The summed E-state index contributed by atoms with van der Waals surface area (Å²) in [6, 6.07) is 1.23. The van der Waals surface area contributed by atoms with Crippen LogP contribution in [0.1, 0.15) is 56.6 Å². The number of hydrogen-bond donors (Lipinski definition) is 0. The Bertz CT molecular complexity index is 645. The van der Waals surface area contributed by atoms with Crippen molar-refractivity contribution in [3.63, 3.8) is 0 Å². The second-order valence-corrected chi connectivity index (χ2v) is 6.51. The van der Waals surface area contributed by atoms with Gasteiger partial charge in [-0.05, 0) is 55.7 Å². The van der Waals surface area contributed by atoms with Gasteiger partial charge in [0.25, 0.3) is 0 Å². The smallest absolute Gasteiger partial charge is 0.206 e. The SMILES string of the molecule is CCCC1CCC(C=CC#Cc2cc(F)c(C(F)(F)F)c(F)c2)CC1. The van der Waals surface area contributed by atoms with Crippen molar-refractivity contribution in [2.24, 2.45) is 11.8 Å². The number of benzene rings is 1. The Morgan fingerprint density at radius 2 is 1.68 bits per heavy atom. The molecule has 1 aromatic carbocycles. The van der Waals surface area contributed by atoms with E-state index in [9.17, 15) is 22.0 Å². The minimum Gasteiger partial charge on any atom is -0.206 e. The van der Waals surface area contributed by atoms with E-state index in [0.717, 1.165) is 18.8 Å². The molecular formula is C20H21F5. The van der Waals surface area contributed by atoms with Crippen LogP contribution in [0.2, 0.25) is 0 Å². The van der Waals surface area contributed by atoms with Crippen LogP contribution in [0.4, 0.5) is 22.0 Å². The molecule has 0 aromatic heterocycles. The quantitative estimate of drug-likeness (QED) is 0.428. The molecular weight excluding hydrogens is 335 g/mol. The average molecular weight is 356 g/mol. The van der Waals surface area contributed by atoms with E-state index in [1.54, 1.807) is 6.08 Å². The molecule has 5 heteroatoms. The van der Waals surface area contributed by atoms with Gasteiger partial charge in [0.2, 0.25) is 0 Å². The van der Waals surface area contributed by atoms with E-state index in [1.807, 2.05) is 6.08 Å². The molecule has 0 radical (unpaired) electrons. The molecule has 0 heterocycles. The summed E-state index contributed by atoms with van der Waals surface area (Å²) in [6.45, 7) is 2.19. The predicted molar refractivity (Wildman–Crippen MR) is 87.7 cm³/mol. The third-order valence-corrected chi connectivity index (χ3v) is 4.58. The lowest BCUT2D eigenvalue weighted by Gasteiger charge is -2.26. The topological polar surface area (TPSA) is 0 Å². The van der Waals surface area contributed by atoms with Crippen LogP contribution < -0.4 is 0 Å². The van der Waals surface area contributed by atoms with Crippen molar-refractivity contribution in [2.45, 2.75) is 51.6 Å². The van der Waals surface area contributed by atoms with Crippen molar-refractivity contribution in [3.05, 3.63) is 47.0 Å². The Morgan fingerprint density at radius 1 is 1.08 bits per heavy atom. The van der Waals surface area contributed by atoms with E-state index in [-0.39, 0.29) is 5.56 Å². The highest BCUT2D eigenvalue weighted by molar-refractivity contribution is 5.40. The van der Waals surface area contributed by atoms with Gasteiger partial charge < -0.3 is 0 Å². The zero-order chi connectivity index (χ0) is 18.4. The fourth-order valence-corrected chi connectivity index (χ4v) is 3.30. The minimum absolute atomic E-state index is 0.112. The number of hydrogen-bond acceptors (Lipinski definition) is 0. The maximum atomic E-state index is 13.5. The maximum Gasteiger partial charge on any atom is 0.422 e. The average Bonchev–Trinajstić information content (AvgIpc) is 2.51. The Labute approximate surface area is 145 Å². The summed E-state index contributed by atoms with van der Waals surface area (Å²) in [5, 5.41) is 0. The summed E-state index contributed by atoms with van der Waals surface area (Å²) in [6.07, 6.45) is 5.62. The third-order valence-electron chi connectivity index (χ3n) is 4.58. The molecule has 0 N–H and O–H groups in total. The van der Waals surface area contributed by atoms with Crippen LogP contribution >= 0.6 is 0 Å². The van der Waals surface area contributed by atoms with Crippen molar-refractivity contribution >= 4 is 0 Å². The molecule has 2 rings (SSSR count). The van der Waals surface area contributed by atoms with Gasteiger partial charge in [0, 0.05) is 5.56 Å². The van der Waals surface area contributed by atoms with Gasteiger partial charge in [0.15, 0.2) is 0 Å². The summed E-state index contributed by atoms with van der Waals surface area (Å²) in [4.78, 5) is 0. The molecule has 0 saturated heterocycles. The molecule has 1 saturated carbocycles. The lowest BCUT2D eigenvalue weighted by atomic mass is 9.80. The minimum atomic E-state index is -5.06. The predicted octanol–water partition coefficient (Wildman–Crippen LogP) is 6.50. The van der Waals surface area contributed by atoms with Crippen LogP contribution in [0.3, 0.4) is 0 Å². The first-order chi connectivity index (χ1) is 11.8. The molecule has 0 nitrogen and oxygen atoms in total. The van der Waals surface area contributed by atoms with Crippen molar-refractivity contribution in [2.75, 3.05) is 0 Å². The van der Waals surface area contributed by atoms with E-state index in [0.29, 0.717) is 18.1 Å². The number of halogens is 5. The summed E-state index contributed by atoms with van der Waals surface area (Å²) >= 11 is 0. The van der Waals surface area contributed by atoms with Crippen molar-refractivity contribution < 1.29 is 22.0 Å². The van der Waals surface area contributed by atoms with Crippen molar-refractivity contribution in [1.82, 2.24) is 0 Å². The highest BCUT2D eigenvalue weighted by atomic mass is 19.4. The maximum absolute atomic E-state index is 13.5. The van der Waals surface area contributed by atoms with E-state index < -0.39 is 23.4 Å². The monoisotopic (exact) mass is 356 g/mol. The first kappa shape index (κ1) is 19.5. The summed E-state index contributed by atoms with van der Waals surface area (Å²) < 4.78 is 64.4. The molecule has 136 valence electrons. The lowest BCUT2D eigenvalue weighted by Crippen LogP contribution is -2.12. The Balaban J connectivity index is 1.98. The fraction of sp³-hybridized carbons (Fsp3) is 0.500. The van der Waals surface area contributed by atoms with Crippen LogP contribution in [0.25, 0.3) is 0 Å². The second kappa shape index (κ2) is 8.51. The molecule has 0 atom stereocenters. The highest BCUT2D eigenvalue weighted by Gasteiger charge is 2.37. The van der Waals surface area contributed by atoms with Crippen LogP contribution in [0.15, 0.2) is 24.3 Å². The summed E-state index contributed by atoms with van der Waals surface area (Å²) in [7, 11) is 0. The second-order valence-electron chi connectivity index (χ2n) is 6.51. The Kier molecular flexibility index (Phi) is 6.64. The van der Waals surface area contributed by atoms with Gasteiger partial charge in [0.1, 0.15) is 17.2 Å². The van der Waals surface area contributed by atoms with Crippen LogP contribution in [0, 0.1) is 35.3 Å². The molecule has 1 aliphatic rings. The van der Waals surface area contributed by atoms with Gasteiger partial charge in [-0.15, -0.1) is 0 Å². The van der Waals surface area contributed by atoms with Gasteiger partial charge in [-0.3, -0.25) is 0 Å². The van der Waals surface area contributed by atoms with Gasteiger partial charge in [-0.2, -0.15) is 13.2 Å². The largest absolute Gasteiger partial charge is 0.422 e. The zero-order valence-electron chi connectivity index (χ0n) is 14.1. The lowest BCUT2D eigenvalue weighted by molar-refractivity contribution is -0.142. The van der Waals surface area contributed by atoms with Crippen molar-refractivity contribution in [1.29, 1.82) is 0 Å². The molecule has 25 heavy (non-hydrogen) atoms. The zero-order valence-corrected chi connectivity index (χ0v) is 14.1. The summed E-state index contributed by atoms with van der Waals surface area (Å²) in [5.74, 6) is 3.11. The van der Waals surface area contributed by atoms with E-state index in [4.69, 9.17) is 0 Å². The molecule has 0 amide bonds. The van der Waals surface area contributed by atoms with Crippen LogP contribution in [-0.2, 0) is 6.18 Å². The van der Waals surface area contributed by atoms with E-state index in [1.165, 1.54) is 25.7 Å².